The quantitative estimate of drug-likeness (QED) is 0.682. The highest BCUT2D eigenvalue weighted by Gasteiger charge is 2.05. The van der Waals surface area contributed by atoms with E-state index >= 15 is 0 Å². The number of carbonyl (C=O) groups is 1. The van der Waals surface area contributed by atoms with E-state index in [0.29, 0.717) is 0 Å². The van der Waals surface area contributed by atoms with Gasteiger partial charge in [-0.1, -0.05) is 24.3 Å². The van der Waals surface area contributed by atoms with Gasteiger partial charge in [0.15, 0.2) is 0 Å². The summed E-state index contributed by atoms with van der Waals surface area (Å²) in [6, 6.07) is 9.79. The SMILES string of the molecule is Cc1cc(C)n(CC(=O)N/N=C\c2ccccc2C)n1. The molecule has 0 saturated carbocycles. The number of nitrogens with one attached hydrogen (secondary N) is 1. The fourth-order valence-corrected chi connectivity index (χ4v) is 1.91. The molecule has 0 fully saturated rings. The highest BCUT2D eigenvalue weighted by molar-refractivity contribution is 5.83. The molecule has 20 heavy (non-hydrogen) atoms. The van der Waals surface area contributed by atoms with Crippen molar-refractivity contribution in [2.75, 3.05) is 0 Å². The third-order valence-corrected chi connectivity index (χ3v) is 2.98. The Morgan fingerprint density at radius 2 is 2.10 bits per heavy atom. The predicted octanol–water partition coefficient (Wildman–Crippen LogP) is 1.96. The van der Waals surface area contributed by atoms with Crippen molar-refractivity contribution >= 4 is 12.1 Å². The molecule has 104 valence electrons. The van der Waals surface area contributed by atoms with Gasteiger partial charge in [0, 0.05) is 5.69 Å². The monoisotopic (exact) mass is 270 g/mol. The third kappa shape index (κ3) is 3.54. The van der Waals surface area contributed by atoms with Crippen LogP contribution in [0.4, 0.5) is 0 Å². The molecule has 2 aromatic rings. The average Bonchev–Trinajstić information content (AvgIpc) is 2.70. The van der Waals surface area contributed by atoms with Crippen LogP contribution in [0.3, 0.4) is 0 Å². The molecule has 0 aliphatic rings. The maximum atomic E-state index is 11.8. The predicted molar refractivity (Wildman–Crippen MR) is 78.6 cm³/mol. The van der Waals surface area contributed by atoms with Crippen LogP contribution in [-0.4, -0.2) is 21.9 Å². The molecule has 0 spiro atoms. The molecule has 0 aliphatic heterocycles. The Bertz CT molecular complexity index is 643. The molecule has 0 bridgehead atoms. The van der Waals surface area contributed by atoms with E-state index in [1.807, 2.05) is 51.1 Å². The summed E-state index contributed by atoms with van der Waals surface area (Å²) in [6.07, 6.45) is 1.65. The zero-order valence-electron chi connectivity index (χ0n) is 11.9. The molecule has 0 radical (unpaired) electrons. The average molecular weight is 270 g/mol. The first-order valence-electron chi connectivity index (χ1n) is 6.45. The lowest BCUT2D eigenvalue weighted by Gasteiger charge is -2.03. The second kappa shape index (κ2) is 6.14. The Balaban J connectivity index is 1.93. The summed E-state index contributed by atoms with van der Waals surface area (Å²) in [4.78, 5) is 11.8. The maximum absolute atomic E-state index is 11.8. The second-order valence-corrected chi connectivity index (χ2v) is 4.73. The molecule has 1 heterocycles. The van der Waals surface area contributed by atoms with Gasteiger partial charge < -0.3 is 0 Å². The van der Waals surface area contributed by atoms with Gasteiger partial charge >= 0.3 is 0 Å². The van der Waals surface area contributed by atoms with Crippen molar-refractivity contribution in [2.45, 2.75) is 27.3 Å². The number of rotatable bonds is 4. The molecule has 1 N–H and O–H groups in total. The fourth-order valence-electron chi connectivity index (χ4n) is 1.91. The molecular weight excluding hydrogens is 252 g/mol. The first kappa shape index (κ1) is 14.0. The van der Waals surface area contributed by atoms with Gasteiger partial charge in [0.25, 0.3) is 5.91 Å². The van der Waals surface area contributed by atoms with Crippen LogP contribution in [0.5, 0.6) is 0 Å². The molecule has 1 aromatic carbocycles. The Hall–Kier alpha value is -2.43. The van der Waals surface area contributed by atoms with Gasteiger partial charge in [-0.2, -0.15) is 10.2 Å². The molecule has 2 rings (SSSR count). The number of hydrogen-bond donors (Lipinski definition) is 1. The Morgan fingerprint density at radius 1 is 1.35 bits per heavy atom. The van der Waals surface area contributed by atoms with Crippen LogP contribution in [-0.2, 0) is 11.3 Å². The van der Waals surface area contributed by atoms with E-state index in [2.05, 4.69) is 15.6 Å². The summed E-state index contributed by atoms with van der Waals surface area (Å²) in [5.74, 6) is -0.193. The van der Waals surface area contributed by atoms with E-state index < -0.39 is 0 Å². The molecule has 0 atom stereocenters. The topological polar surface area (TPSA) is 59.3 Å². The zero-order valence-corrected chi connectivity index (χ0v) is 11.9. The largest absolute Gasteiger partial charge is 0.271 e. The van der Waals surface area contributed by atoms with E-state index in [4.69, 9.17) is 0 Å². The lowest BCUT2D eigenvalue weighted by atomic mass is 10.1. The standard InChI is InChI=1S/C15H18N4O/c1-11-6-4-5-7-14(11)9-16-17-15(20)10-19-13(3)8-12(2)18-19/h4-9H,10H2,1-3H3,(H,17,20)/b16-9-. The maximum Gasteiger partial charge on any atom is 0.261 e. The smallest absolute Gasteiger partial charge is 0.261 e. The number of benzene rings is 1. The van der Waals surface area contributed by atoms with Gasteiger partial charge in [0.05, 0.1) is 11.9 Å². The van der Waals surface area contributed by atoms with Crippen molar-refractivity contribution in [3.8, 4) is 0 Å². The molecule has 0 unspecified atom stereocenters. The second-order valence-electron chi connectivity index (χ2n) is 4.73. The van der Waals surface area contributed by atoms with E-state index in [-0.39, 0.29) is 12.5 Å². The zero-order chi connectivity index (χ0) is 14.5. The van der Waals surface area contributed by atoms with Gasteiger partial charge in [-0.25, -0.2) is 5.43 Å². The number of hydrazone groups is 1. The van der Waals surface area contributed by atoms with Crippen LogP contribution in [0.15, 0.2) is 35.4 Å². The molecule has 0 saturated heterocycles. The summed E-state index contributed by atoms with van der Waals surface area (Å²) in [7, 11) is 0. The minimum Gasteiger partial charge on any atom is -0.271 e. The van der Waals surface area contributed by atoms with E-state index in [1.165, 1.54) is 0 Å². The van der Waals surface area contributed by atoms with Crippen molar-refractivity contribution in [2.24, 2.45) is 5.10 Å². The number of hydrogen-bond acceptors (Lipinski definition) is 3. The van der Waals surface area contributed by atoms with Gasteiger partial charge in [-0.3, -0.25) is 9.48 Å². The van der Waals surface area contributed by atoms with Crippen LogP contribution in [0.25, 0.3) is 0 Å². The number of nitrogens with zero attached hydrogens (tertiary/aromatic N) is 3. The van der Waals surface area contributed by atoms with E-state index in [9.17, 15) is 4.79 Å². The molecule has 5 nitrogen and oxygen atoms in total. The van der Waals surface area contributed by atoms with Crippen molar-refractivity contribution in [1.29, 1.82) is 0 Å². The van der Waals surface area contributed by atoms with Gasteiger partial charge in [-0.05, 0) is 38.0 Å². The van der Waals surface area contributed by atoms with Crippen LogP contribution in [0.2, 0.25) is 0 Å². The number of amides is 1. The molecular formula is C15H18N4O. The van der Waals surface area contributed by atoms with Crippen molar-refractivity contribution in [3.05, 3.63) is 52.8 Å². The number of carbonyl (C=O) groups excluding carboxylic acids is 1. The van der Waals surface area contributed by atoms with E-state index in [0.717, 1.165) is 22.5 Å². The Labute approximate surface area is 118 Å². The van der Waals surface area contributed by atoms with Crippen LogP contribution >= 0.6 is 0 Å². The summed E-state index contributed by atoms with van der Waals surface area (Å²) < 4.78 is 1.66. The first-order valence-corrected chi connectivity index (χ1v) is 6.45. The van der Waals surface area contributed by atoms with Crippen molar-refractivity contribution in [3.63, 3.8) is 0 Å². The Morgan fingerprint density at radius 3 is 2.75 bits per heavy atom. The molecule has 0 aliphatic carbocycles. The van der Waals surface area contributed by atoms with Crippen LogP contribution in [0.1, 0.15) is 22.5 Å². The third-order valence-electron chi connectivity index (χ3n) is 2.98. The lowest BCUT2D eigenvalue weighted by Crippen LogP contribution is -2.24. The lowest BCUT2D eigenvalue weighted by molar-refractivity contribution is -0.121. The van der Waals surface area contributed by atoms with E-state index in [1.54, 1.807) is 10.9 Å². The number of aromatic nitrogens is 2. The summed E-state index contributed by atoms with van der Waals surface area (Å²) in [5.41, 5.74) is 6.47. The summed E-state index contributed by atoms with van der Waals surface area (Å²) in [6.45, 7) is 5.99. The minimum absolute atomic E-state index is 0.171. The molecule has 1 aromatic heterocycles. The van der Waals surface area contributed by atoms with Crippen molar-refractivity contribution < 1.29 is 4.79 Å². The van der Waals surface area contributed by atoms with Gasteiger partial charge in [0.1, 0.15) is 6.54 Å². The number of aryl methyl sites for hydroxylation is 3. The van der Waals surface area contributed by atoms with Gasteiger partial charge in [-0.15, -0.1) is 0 Å². The fraction of sp³-hybridized carbons (Fsp3) is 0.267. The highest BCUT2D eigenvalue weighted by Crippen LogP contribution is 2.03. The summed E-state index contributed by atoms with van der Waals surface area (Å²) >= 11 is 0. The van der Waals surface area contributed by atoms with Crippen LogP contribution in [0, 0.1) is 20.8 Å². The van der Waals surface area contributed by atoms with Gasteiger partial charge in [0.2, 0.25) is 0 Å². The minimum atomic E-state index is -0.193. The summed E-state index contributed by atoms with van der Waals surface area (Å²) in [5, 5.41) is 8.20. The highest BCUT2D eigenvalue weighted by atomic mass is 16.2. The molecule has 5 heteroatoms. The van der Waals surface area contributed by atoms with Crippen LogP contribution < -0.4 is 5.43 Å². The molecule has 1 amide bonds. The first-order chi connectivity index (χ1) is 9.56. The van der Waals surface area contributed by atoms with Crippen molar-refractivity contribution in [1.82, 2.24) is 15.2 Å². The normalized spacial score (nSPS) is 10.9. The Kier molecular flexibility index (Phi) is 4.30.